The van der Waals surface area contributed by atoms with Crippen LogP contribution in [0.15, 0.2) is 14.9 Å². The van der Waals surface area contributed by atoms with Crippen molar-refractivity contribution in [3.63, 3.8) is 0 Å². The Morgan fingerprint density at radius 2 is 1.15 bits per heavy atom. The Kier molecular flexibility index (Phi) is 2.81. The first-order valence-corrected chi connectivity index (χ1v) is 6.14. The summed E-state index contributed by atoms with van der Waals surface area (Å²) in [5.74, 6) is 1.89. The van der Waals surface area contributed by atoms with Gasteiger partial charge in [-0.1, -0.05) is 0 Å². The molecule has 0 amide bonds. The van der Waals surface area contributed by atoms with E-state index in [1.807, 2.05) is 19.9 Å². The van der Waals surface area contributed by atoms with E-state index in [2.05, 4.69) is 25.4 Å². The third-order valence-corrected chi connectivity index (χ3v) is 2.92. The Labute approximate surface area is 115 Å². The number of hydrogen-bond acceptors (Lipinski definition) is 7. The molecule has 0 aliphatic carbocycles. The highest BCUT2D eigenvalue weighted by molar-refractivity contribution is 5.67. The minimum atomic E-state index is 0.435. The predicted octanol–water partition coefficient (Wildman–Crippen LogP) is 2.42. The van der Waals surface area contributed by atoms with Crippen LogP contribution in [0.3, 0.4) is 0 Å². The largest absolute Gasteiger partial charge is 0.421 e. The van der Waals surface area contributed by atoms with Crippen molar-refractivity contribution in [1.29, 1.82) is 0 Å². The van der Waals surface area contributed by atoms with Crippen LogP contribution in [0.2, 0.25) is 0 Å². The molecule has 0 saturated heterocycles. The van der Waals surface area contributed by atoms with Gasteiger partial charge in [0.25, 0.3) is 0 Å². The van der Waals surface area contributed by atoms with Crippen molar-refractivity contribution in [3.8, 4) is 22.9 Å². The van der Waals surface area contributed by atoms with Crippen molar-refractivity contribution < 1.29 is 8.83 Å². The molecule has 0 spiro atoms. The normalized spacial score (nSPS) is 11.0. The smallest absolute Gasteiger partial charge is 0.249 e. The van der Waals surface area contributed by atoms with Gasteiger partial charge in [0.15, 0.2) is 0 Å². The average Bonchev–Trinajstić information content (AvgIpc) is 2.99. The zero-order valence-corrected chi connectivity index (χ0v) is 11.6. The molecule has 20 heavy (non-hydrogen) atoms. The summed E-state index contributed by atoms with van der Waals surface area (Å²) in [5.41, 5.74) is 3.15. The molecule has 0 N–H and O–H groups in total. The van der Waals surface area contributed by atoms with E-state index in [0.717, 1.165) is 22.5 Å². The van der Waals surface area contributed by atoms with Gasteiger partial charge < -0.3 is 8.83 Å². The Morgan fingerprint density at radius 3 is 1.50 bits per heavy atom. The Morgan fingerprint density at radius 1 is 0.700 bits per heavy atom. The molecule has 7 heteroatoms. The molecule has 0 radical (unpaired) electrons. The first kappa shape index (κ1) is 12.5. The number of pyridine rings is 1. The molecule has 0 aromatic carbocycles. The van der Waals surface area contributed by atoms with Crippen LogP contribution in [-0.4, -0.2) is 25.4 Å². The lowest BCUT2D eigenvalue weighted by Crippen LogP contribution is -1.95. The number of nitrogens with zero attached hydrogens (tertiary/aromatic N) is 5. The molecule has 102 valence electrons. The molecule has 3 aromatic rings. The second-order valence-corrected chi connectivity index (χ2v) is 4.51. The Bertz CT molecular complexity index is 713. The lowest BCUT2D eigenvalue weighted by Gasteiger charge is -2.06. The highest BCUT2D eigenvalue weighted by Crippen LogP contribution is 2.28. The molecule has 7 nitrogen and oxygen atoms in total. The second kappa shape index (κ2) is 4.52. The van der Waals surface area contributed by atoms with E-state index >= 15 is 0 Å². The zero-order valence-electron chi connectivity index (χ0n) is 11.6. The molecular weight excluding hydrogens is 258 g/mol. The number of aromatic nitrogens is 5. The van der Waals surface area contributed by atoms with Gasteiger partial charge in [-0.2, -0.15) is 0 Å². The topological polar surface area (TPSA) is 90.7 Å². The molecule has 3 rings (SSSR count). The van der Waals surface area contributed by atoms with Crippen LogP contribution in [0.1, 0.15) is 23.2 Å². The quantitative estimate of drug-likeness (QED) is 0.706. The van der Waals surface area contributed by atoms with Crippen molar-refractivity contribution in [2.24, 2.45) is 0 Å². The van der Waals surface area contributed by atoms with Gasteiger partial charge in [-0.25, -0.2) is 0 Å². The maximum atomic E-state index is 5.46. The summed E-state index contributed by atoms with van der Waals surface area (Å²) in [5, 5.41) is 15.7. The molecule has 0 fully saturated rings. The summed E-state index contributed by atoms with van der Waals surface area (Å²) in [6.07, 6.45) is 0. The summed E-state index contributed by atoms with van der Waals surface area (Å²) in [6.45, 7) is 7.28. The third kappa shape index (κ3) is 2.07. The van der Waals surface area contributed by atoms with Crippen LogP contribution < -0.4 is 0 Å². The van der Waals surface area contributed by atoms with E-state index in [9.17, 15) is 0 Å². The fraction of sp³-hybridized carbons (Fsp3) is 0.308. The maximum Gasteiger partial charge on any atom is 0.249 e. The maximum absolute atomic E-state index is 5.46. The van der Waals surface area contributed by atoms with Crippen LogP contribution in [0.5, 0.6) is 0 Å². The first-order chi connectivity index (χ1) is 9.54. The SMILES string of the molecule is Cc1nnc(-c2cc(-c3nnc(C)o3)c(C)nc2C)o1. The average molecular weight is 271 g/mol. The lowest BCUT2D eigenvalue weighted by atomic mass is 10.1. The standard InChI is InChI=1S/C13H13N5O2/c1-6-10(12-17-15-8(3)19-12)5-11(7(2)14-6)13-18-16-9(4)20-13/h5H,1-4H3. The highest BCUT2D eigenvalue weighted by atomic mass is 16.4. The molecule has 0 atom stereocenters. The van der Waals surface area contributed by atoms with Gasteiger partial charge in [0.1, 0.15) is 0 Å². The van der Waals surface area contributed by atoms with Gasteiger partial charge >= 0.3 is 0 Å². The summed E-state index contributed by atoms with van der Waals surface area (Å²) < 4.78 is 10.9. The van der Waals surface area contributed by atoms with E-state index in [1.54, 1.807) is 13.8 Å². The van der Waals surface area contributed by atoms with Crippen LogP contribution in [0, 0.1) is 27.7 Å². The summed E-state index contributed by atoms with van der Waals surface area (Å²) in [7, 11) is 0. The summed E-state index contributed by atoms with van der Waals surface area (Å²) in [6, 6.07) is 1.89. The lowest BCUT2D eigenvalue weighted by molar-refractivity contribution is 0.530. The fourth-order valence-corrected chi connectivity index (χ4v) is 1.97. The van der Waals surface area contributed by atoms with Crippen molar-refractivity contribution >= 4 is 0 Å². The minimum Gasteiger partial charge on any atom is -0.421 e. The third-order valence-electron chi connectivity index (χ3n) is 2.92. The van der Waals surface area contributed by atoms with Crippen LogP contribution >= 0.6 is 0 Å². The number of hydrogen-bond donors (Lipinski definition) is 0. The van der Waals surface area contributed by atoms with Crippen molar-refractivity contribution in [1.82, 2.24) is 25.4 Å². The molecule has 0 unspecified atom stereocenters. The van der Waals surface area contributed by atoms with Gasteiger partial charge in [-0.15, -0.1) is 20.4 Å². The van der Waals surface area contributed by atoms with Crippen molar-refractivity contribution in [3.05, 3.63) is 29.2 Å². The van der Waals surface area contributed by atoms with Crippen LogP contribution in [-0.2, 0) is 0 Å². The molecule has 3 heterocycles. The number of rotatable bonds is 2. The molecule has 0 saturated carbocycles. The molecular formula is C13H13N5O2. The van der Waals surface area contributed by atoms with E-state index in [-0.39, 0.29) is 0 Å². The Hall–Kier alpha value is -2.57. The molecule has 3 aromatic heterocycles. The van der Waals surface area contributed by atoms with Gasteiger partial charge in [-0.3, -0.25) is 4.98 Å². The van der Waals surface area contributed by atoms with Gasteiger partial charge in [0.2, 0.25) is 23.6 Å². The molecule has 0 aliphatic rings. The van der Waals surface area contributed by atoms with Crippen LogP contribution in [0.4, 0.5) is 0 Å². The monoisotopic (exact) mass is 271 g/mol. The van der Waals surface area contributed by atoms with E-state index in [0.29, 0.717) is 23.6 Å². The van der Waals surface area contributed by atoms with Gasteiger partial charge in [0.05, 0.1) is 22.5 Å². The van der Waals surface area contributed by atoms with Crippen molar-refractivity contribution in [2.45, 2.75) is 27.7 Å². The molecule has 0 bridgehead atoms. The van der Waals surface area contributed by atoms with Gasteiger partial charge in [-0.05, 0) is 19.9 Å². The number of aryl methyl sites for hydroxylation is 4. The van der Waals surface area contributed by atoms with Crippen molar-refractivity contribution in [2.75, 3.05) is 0 Å². The highest BCUT2D eigenvalue weighted by Gasteiger charge is 2.17. The molecule has 0 aliphatic heterocycles. The van der Waals surface area contributed by atoms with Crippen LogP contribution in [0.25, 0.3) is 22.9 Å². The van der Waals surface area contributed by atoms with E-state index in [1.165, 1.54) is 0 Å². The Balaban J connectivity index is 2.17. The van der Waals surface area contributed by atoms with Gasteiger partial charge in [0, 0.05) is 13.8 Å². The summed E-state index contributed by atoms with van der Waals surface area (Å²) in [4.78, 5) is 4.49. The minimum absolute atomic E-state index is 0.435. The van der Waals surface area contributed by atoms with E-state index < -0.39 is 0 Å². The first-order valence-electron chi connectivity index (χ1n) is 6.14. The predicted molar refractivity (Wildman–Crippen MR) is 69.8 cm³/mol. The van der Waals surface area contributed by atoms with E-state index in [4.69, 9.17) is 8.83 Å². The fourth-order valence-electron chi connectivity index (χ4n) is 1.97. The second-order valence-electron chi connectivity index (χ2n) is 4.51. The zero-order chi connectivity index (χ0) is 14.3. The summed E-state index contributed by atoms with van der Waals surface area (Å²) >= 11 is 0.